The van der Waals surface area contributed by atoms with Crippen LogP contribution in [0.3, 0.4) is 0 Å². The van der Waals surface area contributed by atoms with Gasteiger partial charge >= 0.3 is 23.9 Å². The number of carbonyl (C=O) groups is 4. The first-order valence-electron chi connectivity index (χ1n) is 23.5. The molecule has 1 spiro atoms. The van der Waals surface area contributed by atoms with Crippen molar-refractivity contribution in [3.05, 3.63) is 70.9 Å². The molecule has 3 aromatic rings. The van der Waals surface area contributed by atoms with E-state index in [1.807, 2.05) is 50.1 Å². The minimum Gasteiger partial charge on any atom is -0.496 e. The number of H-pyrrole nitrogens is 1. The molecule has 6 aliphatic rings. The standard InChI is InChI=1S/C50H66N6O9/c1-9-20-51-45(60)53-46(10-2)26-31-27-49(43(58)63-7,39-33(17-22-55(28-31)29-46)32-15-12-13-16-36(32)52-39)35-24-34-37(25-38(35)62-6)54(5)41-48(34)19-23-56-21-14-18-47(11-3,40(48)56)42(65-30(4)57)50(41,61)44(59)64-8/h12-16,18,24-25,31,40-42,52,61H,9-11,17,19-23,26-29H2,1-8H3,(H2,51,53,60)/t31-,40+,41-,42-,46+,47-,48-,49+,50+/m1/s1. The quantitative estimate of drug-likeness (QED) is 0.126. The van der Waals surface area contributed by atoms with Gasteiger partial charge in [-0.1, -0.05) is 51.1 Å². The number of rotatable bonds is 10. The molecule has 1 aliphatic carbocycles. The summed E-state index contributed by atoms with van der Waals surface area (Å²) in [6.07, 6.45) is 6.94. The number of piperidine rings is 1. The maximum absolute atomic E-state index is 15.6. The van der Waals surface area contributed by atoms with Crippen molar-refractivity contribution < 1.29 is 43.2 Å². The Balaban J connectivity index is 1.32. The topological polar surface area (TPSA) is 175 Å². The Morgan fingerprint density at radius 1 is 0.954 bits per heavy atom. The number of aromatic amines is 1. The Kier molecular flexibility index (Phi) is 11.3. The average Bonchev–Trinajstić information content (AvgIpc) is 3.97. The number of urea groups is 1. The van der Waals surface area contributed by atoms with Gasteiger partial charge in [0.1, 0.15) is 11.2 Å². The van der Waals surface area contributed by atoms with E-state index < -0.39 is 57.4 Å². The zero-order valence-electron chi connectivity index (χ0n) is 39.2. The number of aliphatic hydroxyl groups is 1. The van der Waals surface area contributed by atoms with Gasteiger partial charge in [-0.15, -0.1) is 0 Å². The smallest absolute Gasteiger partial charge is 0.344 e. The second-order valence-corrected chi connectivity index (χ2v) is 19.6. The average molecular weight is 895 g/mol. The van der Waals surface area contributed by atoms with E-state index in [-0.39, 0.29) is 18.0 Å². The number of benzene rings is 2. The minimum absolute atomic E-state index is 0.0973. The summed E-state index contributed by atoms with van der Waals surface area (Å²) < 4.78 is 24.2. The number of fused-ring (bicyclic) bond motifs is 6. The van der Waals surface area contributed by atoms with Crippen LogP contribution in [-0.2, 0) is 45.8 Å². The number of hydrogen-bond acceptors (Lipinski definition) is 12. The summed E-state index contributed by atoms with van der Waals surface area (Å²) in [7, 11) is 6.17. The van der Waals surface area contributed by atoms with Crippen LogP contribution in [0.15, 0.2) is 48.6 Å². The molecule has 350 valence electrons. The van der Waals surface area contributed by atoms with E-state index in [1.165, 1.54) is 21.1 Å². The first-order valence-corrected chi connectivity index (χ1v) is 23.5. The fourth-order valence-corrected chi connectivity index (χ4v) is 14.2. The van der Waals surface area contributed by atoms with Crippen LogP contribution in [-0.4, -0.2) is 141 Å². The number of amides is 2. The van der Waals surface area contributed by atoms with Crippen molar-refractivity contribution >= 4 is 40.5 Å². The third kappa shape index (κ3) is 6.30. The largest absolute Gasteiger partial charge is 0.496 e. The minimum atomic E-state index is -2.32. The number of likely N-dealkylation sites (N-methyl/N-ethyl adjacent to an activating group) is 1. The van der Waals surface area contributed by atoms with Gasteiger partial charge in [0.2, 0.25) is 5.60 Å². The first kappa shape index (κ1) is 45.1. The van der Waals surface area contributed by atoms with E-state index in [1.54, 1.807) is 7.11 Å². The molecule has 3 fully saturated rings. The molecule has 2 aromatic carbocycles. The Morgan fingerprint density at radius 3 is 2.42 bits per heavy atom. The number of anilines is 1. The maximum Gasteiger partial charge on any atom is 0.344 e. The monoisotopic (exact) mass is 894 g/mol. The van der Waals surface area contributed by atoms with Gasteiger partial charge in [-0.2, -0.15) is 0 Å². The number of methoxy groups -OCH3 is 3. The Labute approximate surface area is 381 Å². The van der Waals surface area contributed by atoms with Crippen LogP contribution in [0, 0.1) is 11.3 Å². The van der Waals surface area contributed by atoms with Crippen LogP contribution in [0.25, 0.3) is 10.9 Å². The number of ether oxygens (including phenoxy) is 4. The third-order valence-electron chi connectivity index (χ3n) is 16.6. The zero-order valence-corrected chi connectivity index (χ0v) is 39.2. The molecule has 65 heavy (non-hydrogen) atoms. The summed E-state index contributed by atoms with van der Waals surface area (Å²) in [5, 5.41) is 20.9. The highest BCUT2D eigenvalue weighted by Crippen LogP contribution is 2.68. The molecular weight excluding hydrogens is 829 g/mol. The van der Waals surface area contributed by atoms with Crippen LogP contribution in [0.4, 0.5) is 10.5 Å². The molecule has 1 saturated carbocycles. The maximum atomic E-state index is 15.6. The normalized spacial score (nSPS) is 34.5. The number of para-hydroxylation sites is 1. The molecule has 15 nitrogen and oxygen atoms in total. The molecule has 2 amide bonds. The number of carbonyl (C=O) groups excluding carboxylic acids is 4. The van der Waals surface area contributed by atoms with Gasteiger partial charge in [0.25, 0.3) is 0 Å². The first-order chi connectivity index (χ1) is 31.2. The molecular formula is C50H66N6O9. The van der Waals surface area contributed by atoms with Gasteiger partial charge in [-0.3, -0.25) is 14.5 Å². The van der Waals surface area contributed by atoms with Gasteiger partial charge in [0, 0.05) is 97.5 Å². The fraction of sp³-hybridized carbons (Fsp3) is 0.600. The molecule has 4 N–H and O–H groups in total. The van der Waals surface area contributed by atoms with Gasteiger partial charge < -0.3 is 49.5 Å². The van der Waals surface area contributed by atoms with Gasteiger partial charge in [0.05, 0.1) is 32.9 Å². The Morgan fingerprint density at radius 2 is 1.72 bits per heavy atom. The summed E-state index contributed by atoms with van der Waals surface area (Å²) in [5.41, 5.74) is -1.39. The summed E-state index contributed by atoms with van der Waals surface area (Å²) >= 11 is 0. The molecule has 5 aliphatic heterocycles. The van der Waals surface area contributed by atoms with Gasteiger partial charge in [-0.05, 0) is 80.7 Å². The number of aromatic nitrogens is 1. The van der Waals surface area contributed by atoms with E-state index in [4.69, 9.17) is 18.9 Å². The molecule has 1 unspecified atom stereocenters. The number of hydrogen-bond donors (Lipinski definition) is 4. The lowest BCUT2D eigenvalue weighted by molar-refractivity contribution is -0.228. The predicted molar refractivity (Wildman–Crippen MR) is 245 cm³/mol. The van der Waals surface area contributed by atoms with E-state index in [9.17, 15) is 19.5 Å². The van der Waals surface area contributed by atoms with Crippen LogP contribution < -0.4 is 20.3 Å². The van der Waals surface area contributed by atoms with Crippen molar-refractivity contribution in [2.45, 2.75) is 113 Å². The summed E-state index contributed by atoms with van der Waals surface area (Å²) in [6.45, 7) is 11.4. The molecule has 15 heteroatoms. The lowest BCUT2D eigenvalue weighted by Gasteiger charge is -2.63. The number of nitrogens with zero attached hydrogens (tertiary/aromatic N) is 3. The lowest BCUT2D eigenvalue weighted by atomic mass is 9.47. The number of nitrogens with one attached hydrogen (secondary N) is 3. The molecule has 6 heterocycles. The van der Waals surface area contributed by atoms with Crippen LogP contribution >= 0.6 is 0 Å². The summed E-state index contributed by atoms with van der Waals surface area (Å²) in [5.74, 6) is -1.58. The van der Waals surface area contributed by atoms with Gasteiger partial charge in [0.15, 0.2) is 6.10 Å². The lowest BCUT2D eigenvalue weighted by Crippen LogP contribution is -2.81. The van der Waals surface area contributed by atoms with Crippen LogP contribution in [0.2, 0.25) is 0 Å². The third-order valence-corrected chi connectivity index (χ3v) is 16.6. The molecule has 2 saturated heterocycles. The second kappa shape index (κ2) is 16.3. The SMILES string of the molecule is CCCNC(=O)N[C@@]1(CC)C[C@H]2CN(CCc3c([nH]c4ccccc34)[C@@](C(=O)OC)(c3cc4c(cc3OC)N(C)[C@H]3[C@@](O)(C(=O)OC)[C@H](OC(C)=O)[C@]5(CC)C=CCN6CC[C@]43[C@@H]65)C2)C1. The van der Waals surface area contributed by atoms with Crippen molar-refractivity contribution in [2.75, 3.05) is 72.5 Å². The van der Waals surface area contributed by atoms with Crippen molar-refractivity contribution in [3.8, 4) is 5.75 Å². The molecule has 10 atom stereocenters. The summed E-state index contributed by atoms with van der Waals surface area (Å²) in [6, 6.07) is 10.8. The highest BCUT2D eigenvalue weighted by Gasteiger charge is 2.80. The highest BCUT2D eigenvalue weighted by atomic mass is 16.6. The predicted octanol–water partition coefficient (Wildman–Crippen LogP) is 4.71. The fourth-order valence-electron chi connectivity index (χ4n) is 14.2. The second-order valence-electron chi connectivity index (χ2n) is 19.6. The number of esters is 3. The van der Waals surface area contributed by atoms with Crippen LogP contribution in [0.1, 0.15) is 88.6 Å². The van der Waals surface area contributed by atoms with E-state index in [0.29, 0.717) is 89.1 Å². The van der Waals surface area contributed by atoms with E-state index in [0.717, 1.165) is 39.8 Å². The highest BCUT2D eigenvalue weighted by molar-refractivity contribution is 5.95. The van der Waals surface area contributed by atoms with Crippen molar-refractivity contribution in [3.63, 3.8) is 0 Å². The summed E-state index contributed by atoms with van der Waals surface area (Å²) in [4.78, 5) is 67.2. The molecule has 0 radical (unpaired) electrons. The van der Waals surface area contributed by atoms with E-state index >= 15 is 4.79 Å². The zero-order chi connectivity index (χ0) is 46.3. The van der Waals surface area contributed by atoms with Gasteiger partial charge in [-0.25, -0.2) is 9.59 Å². The van der Waals surface area contributed by atoms with Crippen molar-refractivity contribution in [1.82, 2.24) is 25.4 Å². The van der Waals surface area contributed by atoms with E-state index in [2.05, 4.69) is 56.6 Å². The Hall–Kier alpha value is -5.12. The molecule has 9 rings (SSSR count). The molecule has 1 aromatic heterocycles. The van der Waals surface area contributed by atoms with Crippen molar-refractivity contribution in [1.29, 1.82) is 0 Å². The van der Waals surface area contributed by atoms with Crippen LogP contribution in [0.5, 0.6) is 5.75 Å². The van der Waals surface area contributed by atoms with Crippen molar-refractivity contribution in [2.24, 2.45) is 11.3 Å². The Bertz CT molecular complexity index is 2440. The molecule has 2 bridgehead atoms.